The van der Waals surface area contributed by atoms with E-state index >= 15 is 0 Å². The lowest BCUT2D eigenvalue weighted by Gasteiger charge is -2.37. The van der Waals surface area contributed by atoms with Gasteiger partial charge in [0.1, 0.15) is 5.75 Å². The zero-order valence-electron chi connectivity index (χ0n) is 19.4. The van der Waals surface area contributed by atoms with Gasteiger partial charge >= 0.3 is 5.97 Å². The number of rotatable bonds is 11. The summed E-state index contributed by atoms with van der Waals surface area (Å²) in [5.74, 6) is -0.206. The van der Waals surface area contributed by atoms with E-state index in [-0.39, 0.29) is 11.8 Å². The van der Waals surface area contributed by atoms with Crippen LogP contribution in [0.15, 0.2) is 36.4 Å². The van der Waals surface area contributed by atoms with Gasteiger partial charge in [0.25, 0.3) is 0 Å². The molecule has 5 nitrogen and oxygen atoms in total. The average Bonchev–Trinajstić information content (AvgIpc) is 2.81. The molecule has 0 spiro atoms. The topological polar surface area (TPSA) is 72.8 Å². The largest absolute Gasteiger partial charge is 0.425 e. The van der Waals surface area contributed by atoms with Crippen LogP contribution in [0.2, 0.25) is 0 Å². The number of aryl methyl sites for hydroxylation is 1. The normalized spacial score (nSPS) is 17.1. The average molecular weight is 439 g/mol. The van der Waals surface area contributed by atoms with E-state index in [9.17, 15) is 14.8 Å². The van der Waals surface area contributed by atoms with Crippen molar-refractivity contribution < 1.29 is 24.5 Å². The van der Waals surface area contributed by atoms with Crippen LogP contribution in [0.3, 0.4) is 0 Å². The third-order valence-corrected chi connectivity index (χ3v) is 6.41. The Balaban J connectivity index is 2.14. The quantitative estimate of drug-likeness (QED) is 0.141. The first-order valence-electron chi connectivity index (χ1n) is 11.9. The van der Waals surface area contributed by atoms with Gasteiger partial charge in [0.2, 0.25) is 0 Å². The molecule has 172 valence electrons. The van der Waals surface area contributed by atoms with Gasteiger partial charge in [0, 0.05) is 23.1 Å². The SMILES string of the molecule is CCCCCC(=O)Oc1c(CCCCC)ccc2c1C(=O)c1ccccc1C2(CC)OO. The molecule has 1 N–H and O–H groups in total. The van der Waals surface area contributed by atoms with Crippen LogP contribution in [0.5, 0.6) is 5.75 Å². The third-order valence-electron chi connectivity index (χ3n) is 6.41. The molecule has 1 aliphatic rings. The molecule has 0 saturated heterocycles. The van der Waals surface area contributed by atoms with Crippen LogP contribution in [0, 0.1) is 0 Å². The fraction of sp³-hybridized carbons (Fsp3) is 0.481. The van der Waals surface area contributed by atoms with Crippen molar-refractivity contribution in [3.63, 3.8) is 0 Å². The summed E-state index contributed by atoms with van der Waals surface area (Å²) in [6.07, 6.45) is 7.23. The third kappa shape index (κ3) is 4.50. The van der Waals surface area contributed by atoms with Gasteiger partial charge in [0.15, 0.2) is 11.4 Å². The van der Waals surface area contributed by atoms with E-state index in [2.05, 4.69) is 13.8 Å². The number of carbonyl (C=O) groups is 2. The molecule has 1 unspecified atom stereocenters. The number of benzene rings is 2. The summed E-state index contributed by atoms with van der Waals surface area (Å²) in [6, 6.07) is 10.9. The zero-order chi connectivity index (χ0) is 23.1. The maximum atomic E-state index is 13.6. The Morgan fingerprint density at radius 3 is 2.34 bits per heavy atom. The van der Waals surface area contributed by atoms with Crippen molar-refractivity contribution >= 4 is 11.8 Å². The summed E-state index contributed by atoms with van der Waals surface area (Å²) in [5, 5.41) is 10.1. The molecule has 3 rings (SSSR count). The second kappa shape index (κ2) is 10.9. The van der Waals surface area contributed by atoms with Crippen molar-refractivity contribution in [1.29, 1.82) is 0 Å². The number of esters is 1. The van der Waals surface area contributed by atoms with Gasteiger partial charge in [-0.3, -0.25) is 14.8 Å². The number of ether oxygens (including phenoxy) is 1. The van der Waals surface area contributed by atoms with Gasteiger partial charge < -0.3 is 4.74 Å². The highest BCUT2D eigenvalue weighted by molar-refractivity contribution is 6.15. The van der Waals surface area contributed by atoms with Crippen LogP contribution in [0.4, 0.5) is 0 Å². The van der Waals surface area contributed by atoms with Gasteiger partial charge in [-0.25, -0.2) is 4.89 Å². The predicted octanol–water partition coefficient (Wildman–Crippen LogP) is 6.59. The standard InChI is InChI=1S/C27H34O5/c1-4-7-9-13-19-17-18-22-24(26(19)31-23(28)16-10-8-5-2)25(29)20-14-11-12-15-21(20)27(22,6-3)32-30/h11-12,14-15,17-18,30H,4-10,13,16H2,1-3H3. The highest BCUT2D eigenvalue weighted by Crippen LogP contribution is 2.48. The molecular formula is C27H34O5. The van der Waals surface area contributed by atoms with Crippen molar-refractivity contribution in [3.05, 3.63) is 64.2 Å². The molecule has 0 fully saturated rings. The van der Waals surface area contributed by atoms with Gasteiger partial charge in [-0.2, -0.15) is 0 Å². The lowest BCUT2D eigenvalue weighted by atomic mass is 9.72. The van der Waals surface area contributed by atoms with E-state index < -0.39 is 5.60 Å². The first-order valence-corrected chi connectivity index (χ1v) is 11.9. The monoisotopic (exact) mass is 438 g/mol. The summed E-state index contributed by atoms with van der Waals surface area (Å²) in [5.41, 5.74) is 1.62. The Morgan fingerprint density at radius 2 is 1.66 bits per heavy atom. The molecule has 1 atom stereocenters. The van der Waals surface area contributed by atoms with Crippen LogP contribution >= 0.6 is 0 Å². The summed E-state index contributed by atoms with van der Waals surface area (Å²) in [6.45, 7) is 6.12. The first-order chi connectivity index (χ1) is 15.5. The van der Waals surface area contributed by atoms with E-state index in [0.717, 1.165) is 44.1 Å². The molecule has 1 aliphatic carbocycles. The van der Waals surface area contributed by atoms with Crippen molar-refractivity contribution in [3.8, 4) is 5.75 Å². The smallest absolute Gasteiger partial charge is 0.311 e. The number of fused-ring (bicyclic) bond motifs is 2. The van der Waals surface area contributed by atoms with Crippen molar-refractivity contribution in [2.24, 2.45) is 0 Å². The van der Waals surface area contributed by atoms with Gasteiger partial charge in [0.05, 0.1) is 5.56 Å². The molecule has 5 heteroatoms. The molecule has 2 aromatic carbocycles. The Bertz CT molecular complexity index is 959. The summed E-state index contributed by atoms with van der Waals surface area (Å²) in [4.78, 5) is 31.5. The minimum absolute atomic E-state index is 0.203. The summed E-state index contributed by atoms with van der Waals surface area (Å²) in [7, 11) is 0. The molecule has 32 heavy (non-hydrogen) atoms. The van der Waals surface area contributed by atoms with E-state index in [1.54, 1.807) is 12.1 Å². The Kier molecular flexibility index (Phi) is 8.21. The highest BCUT2D eigenvalue weighted by atomic mass is 17.1. The van der Waals surface area contributed by atoms with Gasteiger partial charge in [-0.05, 0) is 31.2 Å². The molecular weight excluding hydrogens is 404 g/mol. The van der Waals surface area contributed by atoms with Crippen LogP contribution in [-0.2, 0) is 21.7 Å². The molecule has 0 aliphatic heterocycles. The molecule has 0 aromatic heterocycles. The zero-order valence-corrected chi connectivity index (χ0v) is 19.4. The minimum Gasteiger partial charge on any atom is -0.425 e. The van der Waals surface area contributed by atoms with Crippen LogP contribution in [-0.4, -0.2) is 17.0 Å². The number of hydrogen-bond acceptors (Lipinski definition) is 5. The van der Waals surface area contributed by atoms with Crippen molar-refractivity contribution in [2.45, 2.75) is 84.2 Å². The Morgan fingerprint density at radius 1 is 0.938 bits per heavy atom. The van der Waals surface area contributed by atoms with E-state index in [1.165, 1.54) is 0 Å². The number of carbonyl (C=O) groups excluding carboxylic acids is 2. The van der Waals surface area contributed by atoms with Crippen molar-refractivity contribution in [1.82, 2.24) is 0 Å². The van der Waals surface area contributed by atoms with Crippen LogP contribution < -0.4 is 4.74 Å². The molecule has 0 radical (unpaired) electrons. The highest BCUT2D eigenvalue weighted by Gasteiger charge is 2.46. The minimum atomic E-state index is -1.19. The van der Waals surface area contributed by atoms with Gasteiger partial charge in [-0.1, -0.05) is 82.9 Å². The first kappa shape index (κ1) is 24.1. The number of ketones is 1. The molecule has 0 amide bonds. The van der Waals surface area contributed by atoms with Gasteiger partial charge in [-0.15, -0.1) is 0 Å². The van der Waals surface area contributed by atoms with Crippen molar-refractivity contribution in [2.75, 3.05) is 0 Å². The second-order valence-corrected chi connectivity index (χ2v) is 8.51. The Hall–Kier alpha value is -2.50. The lowest BCUT2D eigenvalue weighted by Crippen LogP contribution is -2.37. The van der Waals surface area contributed by atoms with E-state index in [0.29, 0.717) is 47.3 Å². The lowest BCUT2D eigenvalue weighted by molar-refractivity contribution is -0.316. The van der Waals surface area contributed by atoms with E-state index in [1.807, 2.05) is 31.2 Å². The van der Waals surface area contributed by atoms with Crippen LogP contribution in [0.1, 0.15) is 105 Å². The molecule has 0 saturated carbocycles. The van der Waals surface area contributed by atoms with Crippen LogP contribution in [0.25, 0.3) is 0 Å². The molecule has 0 bridgehead atoms. The predicted molar refractivity (Wildman–Crippen MR) is 124 cm³/mol. The molecule has 0 heterocycles. The number of unbranched alkanes of at least 4 members (excludes halogenated alkanes) is 4. The maximum absolute atomic E-state index is 13.6. The summed E-state index contributed by atoms with van der Waals surface area (Å²) < 4.78 is 5.89. The molecule has 2 aromatic rings. The maximum Gasteiger partial charge on any atom is 0.311 e. The number of hydrogen-bond donors (Lipinski definition) is 1. The summed E-state index contributed by atoms with van der Waals surface area (Å²) >= 11 is 0. The fourth-order valence-corrected chi connectivity index (χ4v) is 4.61. The van der Waals surface area contributed by atoms with E-state index in [4.69, 9.17) is 9.62 Å². The fourth-order valence-electron chi connectivity index (χ4n) is 4.61. The second-order valence-electron chi connectivity index (χ2n) is 8.51. The Labute approximate surface area is 190 Å².